The van der Waals surface area contributed by atoms with Crippen LogP contribution in [0.3, 0.4) is 0 Å². The van der Waals surface area contributed by atoms with Gasteiger partial charge in [-0.25, -0.2) is 0 Å². The van der Waals surface area contributed by atoms with Crippen LogP contribution in [0, 0.1) is 5.92 Å². The van der Waals surface area contributed by atoms with E-state index in [2.05, 4.69) is 11.8 Å². The minimum Gasteiger partial charge on any atom is -0.341 e. The highest BCUT2D eigenvalue weighted by molar-refractivity contribution is 5.81. The summed E-state index contributed by atoms with van der Waals surface area (Å²) in [6.45, 7) is 7.55. The van der Waals surface area contributed by atoms with Crippen LogP contribution in [0.2, 0.25) is 0 Å². The fourth-order valence-corrected chi connectivity index (χ4v) is 2.29. The predicted molar refractivity (Wildman–Crippen MR) is 70.7 cm³/mol. The second-order valence-corrected chi connectivity index (χ2v) is 5.34. The van der Waals surface area contributed by atoms with Gasteiger partial charge in [0.15, 0.2) is 0 Å². The van der Waals surface area contributed by atoms with E-state index < -0.39 is 0 Å². The number of nitrogens with zero attached hydrogens (tertiary/aromatic N) is 2. The topological polar surface area (TPSA) is 49.6 Å². The van der Waals surface area contributed by atoms with Gasteiger partial charge in [0.05, 0.1) is 6.04 Å². The predicted octanol–water partition coefficient (Wildman–Crippen LogP) is 0.914. The summed E-state index contributed by atoms with van der Waals surface area (Å²) in [5, 5.41) is 0. The van der Waals surface area contributed by atoms with Crippen molar-refractivity contribution in [3.8, 4) is 0 Å². The average molecular weight is 241 g/mol. The molecule has 0 radical (unpaired) electrons. The highest BCUT2D eigenvalue weighted by Gasteiger charge is 2.25. The molecule has 2 atom stereocenters. The van der Waals surface area contributed by atoms with E-state index in [0.717, 1.165) is 32.5 Å². The van der Waals surface area contributed by atoms with Gasteiger partial charge in [-0.2, -0.15) is 0 Å². The van der Waals surface area contributed by atoms with Crippen molar-refractivity contribution >= 4 is 5.91 Å². The van der Waals surface area contributed by atoms with Crippen LogP contribution in [0.25, 0.3) is 0 Å². The third-order valence-electron chi connectivity index (χ3n) is 3.69. The lowest BCUT2D eigenvalue weighted by Crippen LogP contribution is -2.48. The minimum atomic E-state index is -0.0258. The fourth-order valence-electron chi connectivity index (χ4n) is 2.29. The smallest absolute Gasteiger partial charge is 0.239 e. The first-order valence-electron chi connectivity index (χ1n) is 6.75. The molecule has 2 unspecified atom stereocenters. The van der Waals surface area contributed by atoms with Crippen LogP contribution in [0.1, 0.15) is 33.1 Å². The number of hydrogen-bond acceptors (Lipinski definition) is 3. The second kappa shape index (κ2) is 6.97. The summed E-state index contributed by atoms with van der Waals surface area (Å²) in [4.78, 5) is 16.4. The zero-order valence-corrected chi connectivity index (χ0v) is 11.5. The van der Waals surface area contributed by atoms with Gasteiger partial charge in [0.2, 0.25) is 5.91 Å². The van der Waals surface area contributed by atoms with Crippen molar-refractivity contribution in [1.82, 2.24) is 9.80 Å². The normalized spacial score (nSPS) is 20.4. The van der Waals surface area contributed by atoms with Gasteiger partial charge in [0.1, 0.15) is 0 Å². The molecule has 4 nitrogen and oxygen atoms in total. The summed E-state index contributed by atoms with van der Waals surface area (Å²) in [5.41, 5.74) is 5.62. The maximum Gasteiger partial charge on any atom is 0.239 e. The maximum absolute atomic E-state index is 12.3. The number of likely N-dealkylation sites (tertiary alicyclic amines) is 1. The zero-order valence-electron chi connectivity index (χ0n) is 11.5. The Morgan fingerprint density at radius 1 is 1.29 bits per heavy atom. The van der Waals surface area contributed by atoms with Gasteiger partial charge in [-0.1, -0.05) is 6.92 Å². The van der Waals surface area contributed by atoms with Crippen molar-refractivity contribution in [2.75, 3.05) is 33.2 Å². The van der Waals surface area contributed by atoms with Crippen molar-refractivity contribution in [3.63, 3.8) is 0 Å². The van der Waals surface area contributed by atoms with E-state index in [0.29, 0.717) is 12.5 Å². The average Bonchev–Trinajstić information content (AvgIpc) is 2.37. The number of carbonyl (C=O) groups is 1. The summed E-state index contributed by atoms with van der Waals surface area (Å²) >= 11 is 0. The SMILES string of the molecule is CC(CN)CN(C)C(C)C(=O)N1CCCCC1. The lowest BCUT2D eigenvalue weighted by atomic mass is 10.1. The molecule has 0 aromatic rings. The van der Waals surface area contributed by atoms with Crippen LogP contribution in [0.5, 0.6) is 0 Å². The minimum absolute atomic E-state index is 0.0258. The Labute approximate surface area is 105 Å². The molecule has 1 amide bonds. The van der Waals surface area contributed by atoms with Crippen LogP contribution < -0.4 is 5.73 Å². The first kappa shape index (κ1) is 14.5. The fraction of sp³-hybridized carbons (Fsp3) is 0.923. The molecule has 0 aromatic heterocycles. The molecule has 4 heteroatoms. The monoisotopic (exact) mass is 241 g/mol. The molecule has 0 aromatic carbocycles. The third-order valence-corrected chi connectivity index (χ3v) is 3.69. The molecule has 2 N–H and O–H groups in total. The van der Waals surface area contributed by atoms with Crippen LogP contribution in [0.15, 0.2) is 0 Å². The van der Waals surface area contributed by atoms with E-state index in [-0.39, 0.29) is 11.9 Å². The van der Waals surface area contributed by atoms with Crippen LogP contribution in [-0.2, 0) is 4.79 Å². The van der Waals surface area contributed by atoms with E-state index in [9.17, 15) is 4.79 Å². The van der Waals surface area contributed by atoms with Crippen molar-refractivity contribution in [2.24, 2.45) is 11.7 Å². The molecule has 0 bridgehead atoms. The summed E-state index contributed by atoms with van der Waals surface area (Å²) in [7, 11) is 2.01. The van der Waals surface area contributed by atoms with Gasteiger partial charge in [0, 0.05) is 19.6 Å². The van der Waals surface area contributed by atoms with Crippen molar-refractivity contribution < 1.29 is 4.79 Å². The lowest BCUT2D eigenvalue weighted by Gasteiger charge is -2.33. The maximum atomic E-state index is 12.3. The molecule has 0 aliphatic carbocycles. The van der Waals surface area contributed by atoms with Crippen molar-refractivity contribution in [3.05, 3.63) is 0 Å². The van der Waals surface area contributed by atoms with Gasteiger partial charge < -0.3 is 10.6 Å². The Morgan fingerprint density at radius 2 is 1.88 bits per heavy atom. The van der Waals surface area contributed by atoms with Gasteiger partial charge in [0.25, 0.3) is 0 Å². The first-order chi connectivity index (χ1) is 8.06. The lowest BCUT2D eigenvalue weighted by molar-refractivity contribution is -0.137. The number of carbonyl (C=O) groups excluding carboxylic acids is 1. The van der Waals surface area contributed by atoms with Gasteiger partial charge in [-0.15, -0.1) is 0 Å². The Kier molecular flexibility index (Phi) is 5.92. The van der Waals surface area contributed by atoms with Crippen LogP contribution in [0.4, 0.5) is 0 Å². The molecule has 1 aliphatic rings. The van der Waals surface area contributed by atoms with Gasteiger partial charge in [-0.3, -0.25) is 9.69 Å². The highest BCUT2D eigenvalue weighted by Crippen LogP contribution is 2.12. The number of likely N-dealkylation sites (N-methyl/N-ethyl adjacent to an activating group) is 1. The van der Waals surface area contributed by atoms with E-state index in [4.69, 9.17) is 5.73 Å². The quantitative estimate of drug-likeness (QED) is 0.778. The molecule has 1 aliphatic heterocycles. The molecule has 1 fully saturated rings. The Hall–Kier alpha value is -0.610. The van der Waals surface area contributed by atoms with E-state index in [1.54, 1.807) is 0 Å². The molecular weight excluding hydrogens is 214 g/mol. The second-order valence-electron chi connectivity index (χ2n) is 5.34. The number of amides is 1. The van der Waals surface area contributed by atoms with E-state index in [1.807, 2.05) is 18.9 Å². The van der Waals surface area contributed by atoms with Crippen LogP contribution in [-0.4, -0.2) is 55.0 Å². The largest absolute Gasteiger partial charge is 0.341 e. The molecule has 100 valence electrons. The molecule has 1 saturated heterocycles. The Bertz CT molecular complexity index is 239. The summed E-state index contributed by atoms with van der Waals surface area (Å²) in [6, 6.07) is -0.0258. The Balaban J connectivity index is 2.44. The summed E-state index contributed by atoms with van der Waals surface area (Å²) < 4.78 is 0. The van der Waals surface area contributed by atoms with E-state index in [1.165, 1.54) is 6.42 Å². The Morgan fingerprint density at radius 3 is 2.41 bits per heavy atom. The standard InChI is InChI=1S/C13H27N3O/c1-11(9-14)10-15(3)12(2)13(17)16-7-5-4-6-8-16/h11-12H,4-10,14H2,1-3H3. The van der Waals surface area contributed by atoms with Gasteiger partial charge in [-0.05, 0) is 45.7 Å². The highest BCUT2D eigenvalue weighted by atomic mass is 16.2. The number of rotatable bonds is 5. The number of hydrogen-bond donors (Lipinski definition) is 1. The molecule has 1 heterocycles. The van der Waals surface area contributed by atoms with Gasteiger partial charge >= 0.3 is 0 Å². The number of piperidine rings is 1. The van der Waals surface area contributed by atoms with E-state index >= 15 is 0 Å². The molecule has 1 rings (SSSR count). The summed E-state index contributed by atoms with van der Waals surface area (Å²) in [6.07, 6.45) is 3.57. The number of nitrogens with two attached hydrogens (primary N) is 1. The van der Waals surface area contributed by atoms with Crippen molar-refractivity contribution in [2.45, 2.75) is 39.2 Å². The van der Waals surface area contributed by atoms with Crippen LogP contribution >= 0.6 is 0 Å². The first-order valence-corrected chi connectivity index (χ1v) is 6.75. The molecular formula is C13H27N3O. The zero-order chi connectivity index (χ0) is 12.8. The third kappa shape index (κ3) is 4.28. The van der Waals surface area contributed by atoms with Crippen molar-refractivity contribution in [1.29, 1.82) is 0 Å². The molecule has 0 saturated carbocycles. The molecule has 17 heavy (non-hydrogen) atoms. The molecule has 0 spiro atoms. The summed E-state index contributed by atoms with van der Waals surface area (Å²) in [5.74, 6) is 0.716.